The number of ether oxygens (including phenoxy) is 1. The summed E-state index contributed by atoms with van der Waals surface area (Å²) in [5.41, 5.74) is 0.703. The molecule has 142 valence electrons. The summed E-state index contributed by atoms with van der Waals surface area (Å²) in [6.07, 6.45) is 3.34. The molecule has 1 aromatic carbocycles. The largest absolute Gasteiger partial charge is 0.452 e. The number of esters is 1. The van der Waals surface area contributed by atoms with Crippen molar-refractivity contribution in [3.8, 4) is 6.07 Å². The first-order valence-corrected chi connectivity index (χ1v) is 9.29. The quantitative estimate of drug-likeness (QED) is 0.802. The van der Waals surface area contributed by atoms with Gasteiger partial charge < -0.3 is 15.0 Å². The Morgan fingerprint density at radius 1 is 1.30 bits per heavy atom. The van der Waals surface area contributed by atoms with Crippen LogP contribution in [0.25, 0.3) is 0 Å². The Balaban J connectivity index is 1.55. The smallest absolute Gasteiger partial charge is 0.312 e. The number of para-hydroxylation sites is 1. The molecule has 2 atom stereocenters. The van der Waals surface area contributed by atoms with E-state index in [1.165, 1.54) is 6.92 Å². The summed E-state index contributed by atoms with van der Waals surface area (Å²) in [6.45, 7) is 1.85. The summed E-state index contributed by atoms with van der Waals surface area (Å²) in [4.78, 5) is 38.7. The van der Waals surface area contributed by atoms with Gasteiger partial charge in [-0.15, -0.1) is 0 Å². The van der Waals surface area contributed by atoms with Gasteiger partial charge in [-0.2, -0.15) is 5.26 Å². The molecule has 0 spiro atoms. The molecule has 7 nitrogen and oxygen atoms in total. The molecule has 0 bridgehead atoms. The zero-order valence-corrected chi connectivity index (χ0v) is 15.3. The number of nitrogens with zero attached hydrogens (tertiary/aromatic N) is 2. The number of hydrogen-bond acceptors (Lipinski definition) is 5. The van der Waals surface area contributed by atoms with E-state index in [1.807, 2.05) is 6.07 Å². The third-order valence-corrected chi connectivity index (χ3v) is 5.22. The predicted octanol–water partition coefficient (Wildman–Crippen LogP) is 2.22. The normalized spacial score (nSPS) is 21.0. The Bertz CT molecular complexity index is 780. The average molecular weight is 369 g/mol. The number of anilines is 1. The van der Waals surface area contributed by atoms with Gasteiger partial charge in [0.25, 0.3) is 5.91 Å². The third-order valence-electron chi connectivity index (χ3n) is 5.22. The van der Waals surface area contributed by atoms with Crippen molar-refractivity contribution in [3.05, 3.63) is 29.8 Å². The molecule has 1 aliphatic carbocycles. The van der Waals surface area contributed by atoms with Crippen molar-refractivity contribution in [2.75, 3.05) is 11.9 Å². The number of nitrogens with one attached hydrogen (secondary N) is 1. The molecule has 0 radical (unpaired) electrons. The SMILES string of the molecule is C[C@H](OC(=O)[C@H]1CC(=O)N(C2CCCC2)C1)C(=O)Nc1ccccc1C#N. The third kappa shape index (κ3) is 4.27. The van der Waals surface area contributed by atoms with Crippen LogP contribution < -0.4 is 5.32 Å². The first kappa shape index (κ1) is 18.9. The molecular weight excluding hydrogens is 346 g/mol. The minimum absolute atomic E-state index is 0.0103. The first-order chi connectivity index (χ1) is 13.0. The fraction of sp³-hybridized carbons (Fsp3) is 0.500. The molecule has 2 aliphatic rings. The van der Waals surface area contributed by atoms with Crippen LogP contribution in [0.4, 0.5) is 5.69 Å². The second-order valence-electron chi connectivity index (χ2n) is 7.11. The molecule has 1 saturated heterocycles. The summed E-state index contributed by atoms with van der Waals surface area (Å²) < 4.78 is 5.29. The number of amides is 2. The topological polar surface area (TPSA) is 99.5 Å². The lowest BCUT2D eigenvalue weighted by atomic mass is 10.1. The molecule has 0 unspecified atom stereocenters. The molecule has 1 aromatic rings. The van der Waals surface area contributed by atoms with Crippen LogP contribution in [-0.4, -0.2) is 41.4 Å². The zero-order valence-electron chi connectivity index (χ0n) is 15.3. The molecule has 3 rings (SSSR count). The summed E-state index contributed by atoms with van der Waals surface area (Å²) >= 11 is 0. The van der Waals surface area contributed by atoms with Gasteiger partial charge in [-0.25, -0.2) is 0 Å². The summed E-state index contributed by atoms with van der Waals surface area (Å²) in [7, 11) is 0. The van der Waals surface area contributed by atoms with Gasteiger partial charge in [0.2, 0.25) is 5.91 Å². The molecule has 2 fully saturated rings. The van der Waals surface area contributed by atoms with Crippen LogP contribution >= 0.6 is 0 Å². The van der Waals surface area contributed by atoms with E-state index >= 15 is 0 Å². The van der Waals surface area contributed by atoms with Gasteiger partial charge in [0, 0.05) is 19.0 Å². The van der Waals surface area contributed by atoms with Gasteiger partial charge in [0.05, 0.1) is 17.2 Å². The van der Waals surface area contributed by atoms with Gasteiger partial charge >= 0.3 is 5.97 Å². The van der Waals surface area contributed by atoms with Crippen molar-refractivity contribution in [2.24, 2.45) is 5.92 Å². The maximum atomic E-state index is 12.4. The lowest BCUT2D eigenvalue weighted by Crippen LogP contribution is -2.36. The number of rotatable bonds is 5. The summed E-state index contributed by atoms with van der Waals surface area (Å²) in [5, 5.41) is 11.7. The van der Waals surface area contributed by atoms with Crippen molar-refractivity contribution in [2.45, 2.75) is 51.2 Å². The Morgan fingerprint density at radius 2 is 2.00 bits per heavy atom. The Morgan fingerprint density at radius 3 is 2.70 bits per heavy atom. The highest BCUT2D eigenvalue weighted by atomic mass is 16.5. The van der Waals surface area contributed by atoms with Crippen molar-refractivity contribution in [1.82, 2.24) is 4.90 Å². The van der Waals surface area contributed by atoms with Gasteiger partial charge in [0.1, 0.15) is 6.07 Å². The number of nitriles is 1. The lowest BCUT2D eigenvalue weighted by molar-refractivity contribution is -0.157. The van der Waals surface area contributed by atoms with Crippen LogP contribution in [0.1, 0.15) is 44.6 Å². The van der Waals surface area contributed by atoms with E-state index in [1.54, 1.807) is 29.2 Å². The van der Waals surface area contributed by atoms with E-state index in [0.717, 1.165) is 25.7 Å². The van der Waals surface area contributed by atoms with Crippen LogP contribution in [0.15, 0.2) is 24.3 Å². The second kappa shape index (κ2) is 8.21. The monoisotopic (exact) mass is 369 g/mol. The molecular formula is C20H23N3O4. The van der Waals surface area contributed by atoms with Crippen LogP contribution in [0.5, 0.6) is 0 Å². The molecule has 0 aromatic heterocycles. The van der Waals surface area contributed by atoms with Crippen molar-refractivity contribution >= 4 is 23.5 Å². The van der Waals surface area contributed by atoms with Crippen LogP contribution in [0.2, 0.25) is 0 Å². The molecule has 1 N–H and O–H groups in total. The van der Waals surface area contributed by atoms with E-state index in [9.17, 15) is 14.4 Å². The van der Waals surface area contributed by atoms with Gasteiger partial charge in [-0.3, -0.25) is 14.4 Å². The zero-order chi connectivity index (χ0) is 19.4. The predicted molar refractivity (Wildman–Crippen MR) is 97.4 cm³/mol. The van der Waals surface area contributed by atoms with Crippen LogP contribution in [0.3, 0.4) is 0 Å². The molecule has 27 heavy (non-hydrogen) atoms. The van der Waals surface area contributed by atoms with E-state index in [4.69, 9.17) is 10.00 Å². The summed E-state index contributed by atoms with van der Waals surface area (Å²) in [5.74, 6) is -1.58. The van der Waals surface area contributed by atoms with Crippen molar-refractivity contribution in [1.29, 1.82) is 5.26 Å². The molecule has 2 amide bonds. The number of benzene rings is 1. The van der Waals surface area contributed by atoms with Gasteiger partial charge in [0.15, 0.2) is 6.10 Å². The standard InChI is InChI=1S/C20H23N3O4/c1-13(19(25)22-17-9-5-2-6-14(17)11-21)27-20(26)15-10-18(24)23(12-15)16-7-3-4-8-16/h2,5-6,9,13,15-16H,3-4,7-8,10,12H2,1H3,(H,22,25)/t13-,15-/m0/s1. The molecule has 7 heteroatoms. The van der Waals surface area contributed by atoms with Crippen molar-refractivity contribution < 1.29 is 19.1 Å². The average Bonchev–Trinajstić information content (AvgIpc) is 3.31. The fourth-order valence-corrected chi connectivity index (χ4v) is 3.71. The first-order valence-electron chi connectivity index (χ1n) is 9.29. The number of likely N-dealkylation sites (tertiary alicyclic amines) is 1. The van der Waals surface area contributed by atoms with Crippen molar-refractivity contribution in [3.63, 3.8) is 0 Å². The number of hydrogen-bond donors (Lipinski definition) is 1. The Kier molecular flexibility index (Phi) is 5.75. The lowest BCUT2D eigenvalue weighted by Gasteiger charge is -2.24. The second-order valence-corrected chi connectivity index (χ2v) is 7.11. The van der Waals surface area contributed by atoms with Crippen LogP contribution in [0, 0.1) is 17.2 Å². The highest BCUT2D eigenvalue weighted by molar-refractivity contribution is 5.96. The van der Waals surface area contributed by atoms with E-state index < -0.39 is 23.9 Å². The fourth-order valence-electron chi connectivity index (χ4n) is 3.71. The van der Waals surface area contributed by atoms with E-state index in [0.29, 0.717) is 17.8 Å². The van der Waals surface area contributed by atoms with Crippen LogP contribution in [-0.2, 0) is 19.1 Å². The van der Waals surface area contributed by atoms with E-state index in [2.05, 4.69) is 5.32 Å². The number of carbonyl (C=O) groups excluding carboxylic acids is 3. The van der Waals surface area contributed by atoms with E-state index in [-0.39, 0.29) is 18.4 Å². The highest BCUT2D eigenvalue weighted by Gasteiger charge is 2.40. The Hall–Kier alpha value is -2.88. The maximum Gasteiger partial charge on any atom is 0.312 e. The minimum Gasteiger partial charge on any atom is -0.452 e. The highest BCUT2D eigenvalue weighted by Crippen LogP contribution is 2.30. The minimum atomic E-state index is -1.01. The van der Waals surface area contributed by atoms with Gasteiger partial charge in [-0.05, 0) is 31.9 Å². The Labute approximate surface area is 158 Å². The van der Waals surface area contributed by atoms with Gasteiger partial charge in [-0.1, -0.05) is 25.0 Å². The maximum absolute atomic E-state index is 12.4. The molecule has 1 aliphatic heterocycles. The number of carbonyl (C=O) groups is 3. The molecule has 1 heterocycles. The molecule has 1 saturated carbocycles. The summed E-state index contributed by atoms with van der Waals surface area (Å²) in [6, 6.07) is 8.84.